The molecule has 0 aliphatic rings. The van der Waals surface area contributed by atoms with Gasteiger partial charge in [-0.25, -0.2) is 0 Å². The first-order valence-corrected chi connectivity index (χ1v) is 7.08. The Morgan fingerprint density at radius 2 is 1.75 bits per heavy atom. The largest absolute Gasteiger partial charge is 0.489 e. The molecule has 0 radical (unpaired) electrons. The molecule has 2 rings (SSSR count). The SMILES string of the molecule is CCC(C)N=Cc1ccc(OCc2ccccc2)cc1. The van der Waals surface area contributed by atoms with Crippen molar-refractivity contribution in [2.75, 3.05) is 0 Å². The summed E-state index contributed by atoms with van der Waals surface area (Å²) in [5.74, 6) is 0.884. The van der Waals surface area contributed by atoms with Crippen molar-refractivity contribution in [2.45, 2.75) is 32.9 Å². The highest BCUT2D eigenvalue weighted by Crippen LogP contribution is 2.13. The highest BCUT2D eigenvalue weighted by molar-refractivity contribution is 5.79. The molecule has 0 aliphatic carbocycles. The number of nitrogens with zero attached hydrogens (tertiary/aromatic N) is 1. The molecule has 0 N–H and O–H groups in total. The van der Waals surface area contributed by atoms with E-state index in [0.29, 0.717) is 12.6 Å². The maximum atomic E-state index is 5.75. The second kappa shape index (κ2) is 7.49. The normalized spacial score (nSPS) is 12.5. The van der Waals surface area contributed by atoms with Gasteiger partial charge in [0, 0.05) is 12.3 Å². The Morgan fingerprint density at radius 3 is 2.40 bits per heavy atom. The van der Waals surface area contributed by atoms with E-state index in [0.717, 1.165) is 17.7 Å². The fourth-order valence-electron chi connectivity index (χ4n) is 1.71. The van der Waals surface area contributed by atoms with Crippen LogP contribution in [0.25, 0.3) is 0 Å². The van der Waals surface area contributed by atoms with Crippen LogP contribution in [0.2, 0.25) is 0 Å². The molecule has 0 saturated heterocycles. The first-order chi connectivity index (χ1) is 9.78. The van der Waals surface area contributed by atoms with Crippen LogP contribution in [0.1, 0.15) is 31.4 Å². The van der Waals surface area contributed by atoms with Crippen LogP contribution in [0.4, 0.5) is 0 Å². The van der Waals surface area contributed by atoms with E-state index in [1.165, 1.54) is 5.56 Å². The van der Waals surface area contributed by atoms with Gasteiger partial charge in [0.1, 0.15) is 12.4 Å². The van der Waals surface area contributed by atoms with Gasteiger partial charge >= 0.3 is 0 Å². The summed E-state index contributed by atoms with van der Waals surface area (Å²) in [5, 5.41) is 0. The summed E-state index contributed by atoms with van der Waals surface area (Å²) in [5.41, 5.74) is 2.28. The second-order valence-electron chi connectivity index (χ2n) is 4.88. The third-order valence-electron chi connectivity index (χ3n) is 3.20. The van der Waals surface area contributed by atoms with Gasteiger partial charge in [-0.1, -0.05) is 37.3 Å². The van der Waals surface area contributed by atoms with Crippen molar-refractivity contribution in [3.05, 3.63) is 65.7 Å². The van der Waals surface area contributed by atoms with Crippen LogP contribution in [-0.2, 0) is 6.61 Å². The van der Waals surface area contributed by atoms with Gasteiger partial charge in [0.2, 0.25) is 0 Å². The van der Waals surface area contributed by atoms with Crippen molar-refractivity contribution in [3.63, 3.8) is 0 Å². The predicted octanol–water partition coefficient (Wildman–Crippen LogP) is 4.48. The maximum absolute atomic E-state index is 5.75. The Balaban J connectivity index is 1.90. The van der Waals surface area contributed by atoms with E-state index in [4.69, 9.17) is 4.74 Å². The van der Waals surface area contributed by atoms with Crippen LogP contribution in [0.3, 0.4) is 0 Å². The number of benzene rings is 2. The number of hydrogen-bond acceptors (Lipinski definition) is 2. The van der Waals surface area contributed by atoms with Gasteiger partial charge in [0.25, 0.3) is 0 Å². The van der Waals surface area contributed by atoms with Gasteiger partial charge in [-0.05, 0) is 48.7 Å². The zero-order valence-corrected chi connectivity index (χ0v) is 12.1. The summed E-state index contributed by atoms with van der Waals surface area (Å²) in [4.78, 5) is 4.47. The lowest BCUT2D eigenvalue weighted by Gasteiger charge is -2.06. The Kier molecular flexibility index (Phi) is 5.36. The van der Waals surface area contributed by atoms with E-state index in [1.54, 1.807) is 0 Å². The van der Waals surface area contributed by atoms with Crippen molar-refractivity contribution >= 4 is 6.21 Å². The van der Waals surface area contributed by atoms with Crippen LogP contribution >= 0.6 is 0 Å². The van der Waals surface area contributed by atoms with Crippen molar-refractivity contribution in [3.8, 4) is 5.75 Å². The lowest BCUT2D eigenvalue weighted by Crippen LogP contribution is -1.96. The van der Waals surface area contributed by atoms with Gasteiger partial charge in [-0.2, -0.15) is 0 Å². The van der Waals surface area contributed by atoms with Crippen LogP contribution in [0.15, 0.2) is 59.6 Å². The summed E-state index contributed by atoms with van der Waals surface area (Å²) in [7, 11) is 0. The summed E-state index contributed by atoms with van der Waals surface area (Å²) < 4.78 is 5.75. The lowest BCUT2D eigenvalue weighted by atomic mass is 10.2. The molecule has 104 valence electrons. The Bertz CT molecular complexity index is 531. The number of aliphatic imine (C=N–C) groups is 1. The first kappa shape index (κ1) is 14.3. The molecule has 2 heteroatoms. The minimum atomic E-state index is 0.379. The molecular formula is C18H21NO. The standard InChI is InChI=1S/C18H21NO/c1-3-15(2)19-13-16-9-11-18(12-10-16)20-14-17-7-5-4-6-8-17/h4-13,15H,3,14H2,1-2H3. The monoisotopic (exact) mass is 267 g/mol. The molecule has 0 fully saturated rings. The third kappa shape index (κ3) is 4.54. The average Bonchev–Trinajstić information content (AvgIpc) is 2.52. The molecule has 1 atom stereocenters. The van der Waals surface area contributed by atoms with Gasteiger partial charge in [0.15, 0.2) is 0 Å². The first-order valence-electron chi connectivity index (χ1n) is 7.08. The van der Waals surface area contributed by atoms with Crippen molar-refractivity contribution in [1.82, 2.24) is 0 Å². The smallest absolute Gasteiger partial charge is 0.119 e. The van der Waals surface area contributed by atoms with Crippen LogP contribution in [0, 0.1) is 0 Å². The minimum absolute atomic E-state index is 0.379. The van der Waals surface area contributed by atoms with Crippen LogP contribution < -0.4 is 4.74 Å². The number of hydrogen-bond donors (Lipinski definition) is 0. The fraction of sp³-hybridized carbons (Fsp3) is 0.278. The third-order valence-corrected chi connectivity index (χ3v) is 3.20. The van der Waals surface area contributed by atoms with E-state index >= 15 is 0 Å². The fourth-order valence-corrected chi connectivity index (χ4v) is 1.71. The molecule has 0 saturated carbocycles. The molecular weight excluding hydrogens is 246 g/mol. The summed E-state index contributed by atoms with van der Waals surface area (Å²) in [6.07, 6.45) is 2.99. The summed E-state index contributed by atoms with van der Waals surface area (Å²) in [6, 6.07) is 18.6. The topological polar surface area (TPSA) is 21.6 Å². The second-order valence-corrected chi connectivity index (χ2v) is 4.88. The maximum Gasteiger partial charge on any atom is 0.119 e. The average molecular weight is 267 g/mol. The van der Waals surface area contributed by atoms with Crippen LogP contribution in [0.5, 0.6) is 5.75 Å². The van der Waals surface area contributed by atoms with Gasteiger partial charge in [-0.15, -0.1) is 0 Å². The highest BCUT2D eigenvalue weighted by atomic mass is 16.5. The van der Waals surface area contributed by atoms with Crippen molar-refractivity contribution in [1.29, 1.82) is 0 Å². The predicted molar refractivity (Wildman–Crippen MR) is 84.6 cm³/mol. The number of rotatable bonds is 6. The van der Waals surface area contributed by atoms with Gasteiger partial charge in [0.05, 0.1) is 0 Å². The Morgan fingerprint density at radius 1 is 1.05 bits per heavy atom. The highest BCUT2D eigenvalue weighted by Gasteiger charge is 1.96. The molecule has 2 aromatic rings. The van der Waals surface area contributed by atoms with E-state index in [1.807, 2.05) is 48.7 Å². The Hall–Kier alpha value is -2.09. The van der Waals surface area contributed by atoms with Gasteiger partial charge < -0.3 is 4.74 Å². The van der Waals surface area contributed by atoms with Gasteiger partial charge in [-0.3, -0.25) is 4.99 Å². The minimum Gasteiger partial charge on any atom is -0.489 e. The van der Waals surface area contributed by atoms with Crippen molar-refractivity contribution < 1.29 is 4.74 Å². The van der Waals surface area contributed by atoms with E-state index in [-0.39, 0.29) is 0 Å². The Labute approximate surface area is 121 Å². The zero-order valence-electron chi connectivity index (χ0n) is 12.1. The molecule has 0 aliphatic heterocycles. The molecule has 0 aromatic heterocycles. The number of ether oxygens (including phenoxy) is 1. The van der Waals surface area contributed by atoms with E-state index < -0.39 is 0 Å². The quantitative estimate of drug-likeness (QED) is 0.707. The molecule has 0 amide bonds. The van der Waals surface area contributed by atoms with E-state index in [2.05, 4.69) is 31.0 Å². The van der Waals surface area contributed by atoms with E-state index in [9.17, 15) is 0 Å². The lowest BCUT2D eigenvalue weighted by molar-refractivity contribution is 0.306. The summed E-state index contributed by atoms with van der Waals surface area (Å²) >= 11 is 0. The summed E-state index contributed by atoms with van der Waals surface area (Å²) in [6.45, 7) is 4.86. The molecule has 2 aromatic carbocycles. The molecule has 2 nitrogen and oxygen atoms in total. The molecule has 1 unspecified atom stereocenters. The molecule has 0 spiro atoms. The molecule has 20 heavy (non-hydrogen) atoms. The zero-order chi connectivity index (χ0) is 14.2. The van der Waals surface area contributed by atoms with Crippen LogP contribution in [-0.4, -0.2) is 12.3 Å². The molecule has 0 heterocycles. The molecule has 0 bridgehead atoms. The van der Waals surface area contributed by atoms with Crippen molar-refractivity contribution in [2.24, 2.45) is 4.99 Å².